The molecular weight excluding hydrogens is 940 g/mol. The minimum Gasteiger partial charge on any atom is -0.503 e. The number of amides is 2. The molecule has 18 heteroatoms. The third-order valence-corrected chi connectivity index (χ3v) is 10.1. The van der Waals surface area contributed by atoms with Crippen molar-refractivity contribution in [3.8, 4) is 34.5 Å². The highest BCUT2D eigenvalue weighted by Crippen LogP contribution is 2.44. The summed E-state index contributed by atoms with van der Waals surface area (Å²) in [4.78, 5) is 26.0. The maximum atomic E-state index is 13.0. The average molecular weight is 970 g/mol. The van der Waals surface area contributed by atoms with Gasteiger partial charge in [0.2, 0.25) is 0 Å². The number of nitrogens with one attached hydrogen (secondary N) is 2. The molecule has 8 rings (SSSR count). The van der Waals surface area contributed by atoms with Crippen LogP contribution in [0.3, 0.4) is 0 Å². The lowest BCUT2D eigenvalue weighted by atomic mass is 10.1. The number of carbonyl (C=O) groups is 2. The number of carbonyl (C=O) groups excluding carboxylic acids is 2. The number of nitrogens with zero attached hydrogens (tertiary/aromatic N) is 2. The van der Waals surface area contributed by atoms with Gasteiger partial charge in [-0.3, -0.25) is 9.59 Å². The Morgan fingerprint density at radius 2 is 0.923 bits per heavy atom. The molecule has 0 radical (unpaired) electrons. The van der Waals surface area contributed by atoms with E-state index < -0.39 is 11.8 Å². The van der Waals surface area contributed by atoms with Crippen molar-refractivity contribution in [1.29, 1.82) is 0 Å². The molecule has 52 heavy (non-hydrogen) atoms. The molecule has 4 aromatic carbocycles. The molecule has 0 aliphatic carbocycles. The second kappa shape index (κ2) is 16.9. The summed E-state index contributed by atoms with van der Waals surface area (Å²) >= 11 is 13.9. The van der Waals surface area contributed by atoms with Crippen LogP contribution in [0.4, 0.5) is 11.4 Å². The summed E-state index contributed by atoms with van der Waals surface area (Å²) < 4.78 is 14.0. The first kappa shape index (κ1) is 38.7. The van der Waals surface area contributed by atoms with E-state index in [0.29, 0.717) is 53.2 Å². The normalized spacial score (nSPS) is 16.1. The molecule has 4 heterocycles. The number of oxime groups is 2. The zero-order valence-corrected chi connectivity index (χ0v) is 33.2. The van der Waals surface area contributed by atoms with Gasteiger partial charge in [-0.25, -0.2) is 0 Å². The summed E-state index contributed by atoms with van der Waals surface area (Å²) in [6.45, 7) is 0.320. The van der Waals surface area contributed by atoms with Gasteiger partial charge in [0.15, 0.2) is 34.5 Å². The highest BCUT2D eigenvalue weighted by atomic mass is 79.9. The van der Waals surface area contributed by atoms with Crippen LogP contribution in [0.2, 0.25) is 0 Å². The number of anilines is 2. The highest BCUT2D eigenvalue weighted by Gasteiger charge is 2.21. The predicted octanol–water partition coefficient (Wildman–Crippen LogP) is 6.67. The van der Waals surface area contributed by atoms with Crippen LogP contribution in [0.25, 0.3) is 0 Å². The van der Waals surface area contributed by atoms with E-state index in [0.717, 1.165) is 5.56 Å². The third kappa shape index (κ3) is 9.09. The van der Waals surface area contributed by atoms with Crippen molar-refractivity contribution in [3.63, 3.8) is 0 Å². The first-order chi connectivity index (χ1) is 24.8. The van der Waals surface area contributed by atoms with Gasteiger partial charge in [-0.2, -0.15) is 0 Å². The number of nitrogen functional groups attached to an aromatic ring is 2. The molecule has 0 unspecified atom stereocenters. The van der Waals surface area contributed by atoms with E-state index >= 15 is 0 Å². The fourth-order valence-electron chi connectivity index (χ4n) is 5.22. The number of rotatable bonds is 0. The summed E-state index contributed by atoms with van der Waals surface area (Å²) in [5.74, 6) is -1.24. The van der Waals surface area contributed by atoms with Crippen molar-refractivity contribution < 1.29 is 39.7 Å². The van der Waals surface area contributed by atoms with Crippen LogP contribution in [0.5, 0.6) is 34.5 Å². The SMILES string of the molecule is Nc1cc2cc(c1O)Oc1c(Br)cc(cc1Br)CCNC(=O)/C(=N/O)Cc1cc(N)c(O)c(c1)Oc1c(Br)cc(cc1Br)C/C(=N/O)C(=O)NCC2. The van der Waals surface area contributed by atoms with Gasteiger partial charge in [0.05, 0.1) is 29.3 Å². The molecule has 0 aromatic heterocycles. The first-order valence-electron chi connectivity index (χ1n) is 15.3. The van der Waals surface area contributed by atoms with Crippen molar-refractivity contribution in [2.75, 3.05) is 24.6 Å². The minimum atomic E-state index is -0.628. The van der Waals surface area contributed by atoms with E-state index in [9.17, 15) is 30.2 Å². The zero-order valence-electron chi connectivity index (χ0n) is 26.8. The number of phenolic OH excluding ortho intramolecular Hbond substituents is 2. The van der Waals surface area contributed by atoms with Crippen LogP contribution in [-0.2, 0) is 35.3 Å². The summed E-state index contributed by atoms with van der Waals surface area (Å²) in [7, 11) is 0. The fraction of sp³-hybridized carbons (Fsp3) is 0.176. The molecule has 0 fully saturated rings. The van der Waals surface area contributed by atoms with Crippen LogP contribution in [0.15, 0.2) is 76.7 Å². The second-order valence-corrected chi connectivity index (χ2v) is 14.9. The van der Waals surface area contributed by atoms with Crippen LogP contribution in [0.1, 0.15) is 22.3 Å². The number of ether oxygens (including phenoxy) is 2. The summed E-state index contributed by atoms with van der Waals surface area (Å²) in [6.07, 6.45) is 0.461. The molecule has 4 aliphatic heterocycles. The Balaban J connectivity index is 1.49. The van der Waals surface area contributed by atoms with Crippen molar-refractivity contribution in [2.45, 2.75) is 25.7 Å². The Kier molecular flexibility index (Phi) is 12.6. The first-order valence-corrected chi connectivity index (χ1v) is 18.5. The molecule has 0 spiro atoms. The van der Waals surface area contributed by atoms with E-state index in [4.69, 9.17) is 20.9 Å². The number of aromatic hydroxyl groups is 2. The van der Waals surface area contributed by atoms with Crippen LogP contribution in [-0.4, -0.2) is 57.0 Å². The molecule has 0 saturated heterocycles. The fourth-order valence-corrected chi connectivity index (χ4v) is 8.11. The second-order valence-electron chi connectivity index (χ2n) is 11.5. The van der Waals surface area contributed by atoms with Gasteiger partial charge < -0.3 is 52.2 Å². The lowest BCUT2D eigenvalue weighted by Crippen LogP contribution is -2.33. The van der Waals surface area contributed by atoms with E-state index in [-0.39, 0.29) is 77.5 Å². The molecule has 10 N–H and O–H groups in total. The molecule has 2 amide bonds. The van der Waals surface area contributed by atoms with E-state index in [1.165, 1.54) is 12.1 Å². The van der Waals surface area contributed by atoms with Gasteiger partial charge in [0, 0.05) is 25.9 Å². The molecule has 4 aromatic rings. The number of nitrogens with two attached hydrogens (primary N) is 2. The Morgan fingerprint density at radius 1 is 0.577 bits per heavy atom. The van der Waals surface area contributed by atoms with E-state index in [1.807, 2.05) is 0 Å². The van der Waals surface area contributed by atoms with Crippen molar-refractivity contribution in [3.05, 3.63) is 88.7 Å². The third-order valence-electron chi connectivity index (χ3n) is 7.78. The lowest BCUT2D eigenvalue weighted by Gasteiger charge is -2.16. The molecule has 14 nitrogen and oxygen atoms in total. The molecule has 272 valence electrons. The van der Waals surface area contributed by atoms with Gasteiger partial charge in [-0.1, -0.05) is 10.3 Å². The maximum Gasteiger partial charge on any atom is 0.269 e. The van der Waals surface area contributed by atoms with Gasteiger partial charge in [0.25, 0.3) is 11.8 Å². The van der Waals surface area contributed by atoms with Crippen LogP contribution in [0, 0.1) is 0 Å². The molecular formula is C34H30Br4N6O8. The summed E-state index contributed by atoms with van der Waals surface area (Å²) in [6, 6.07) is 12.9. The number of benzene rings is 4. The van der Waals surface area contributed by atoms with Gasteiger partial charge >= 0.3 is 0 Å². The van der Waals surface area contributed by atoms with Crippen molar-refractivity contribution in [1.82, 2.24) is 10.6 Å². The Labute approximate surface area is 330 Å². The van der Waals surface area contributed by atoms with Gasteiger partial charge in [-0.15, -0.1) is 0 Å². The zero-order chi connectivity index (χ0) is 37.7. The molecule has 4 aliphatic rings. The van der Waals surface area contributed by atoms with Crippen LogP contribution < -0.4 is 31.6 Å². The Bertz CT molecular complexity index is 2080. The smallest absolute Gasteiger partial charge is 0.269 e. The predicted molar refractivity (Wildman–Crippen MR) is 208 cm³/mol. The van der Waals surface area contributed by atoms with E-state index in [1.54, 1.807) is 36.4 Å². The van der Waals surface area contributed by atoms with Crippen LogP contribution >= 0.6 is 63.7 Å². The summed E-state index contributed by atoms with van der Waals surface area (Å²) in [5.41, 5.74) is 14.2. The summed E-state index contributed by atoms with van der Waals surface area (Å²) in [5, 5.41) is 52.7. The highest BCUT2D eigenvalue weighted by molar-refractivity contribution is 9.11. The molecule has 0 saturated carbocycles. The number of hydrogen-bond acceptors (Lipinski definition) is 12. The standard InChI is InChI=1S/C34H30Br4N6O8/c35-19-5-15-1-3-41-34(48)26(44-50)12-18-10-24(40)30(46)28(14-18)52-32-21(37)7-17(8-22(32)38)11-25(43-49)33(47)42-4-2-16-9-23(39)29(45)27(13-16)51-31(19)20(36)6-15/h5-10,13-14,45-46,49-50H,1-4,11-12,39-40H2,(H,41,48)(H,42,47)/b43-25-,44-26+. The van der Waals surface area contributed by atoms with Gasteiger partial charge in [0.1, 0.15) is 11.4 Å². The quantitative estimate of drug-likeness (QED) is 0.0403. The van der Waals surface area contributed by atoms with Crippen molar-refractivity contribution in [2.24, 2.45) is 10.3 Å². The number of phenols is 2. The van der Waals surface area contributed by atoms with Crippen molar-refractivity contribution >= 4 is 98.3 Å². The number of hydrogen-bond donors (Lipinski definition) is 8. The van der Waals surface area contributed by atoms with Gasteiger partial charge in [-0.05, 0) is 147 Å². The largest absolute Gasteiger partial charge is 0.503 e. The number of halogens is 4. The average Bonchev–Trinajstić information content (AvgIpc) is 3.09. The maximum absolute atomic E-state index is 13.0. The molecule has 8 bridgehead atoms. The monoisotopic (exact) mass is 966 g/mol. The van der Waals surface area contributed by atoms with E-state index in [2.05, 4.69) is 84.7 Å². The topological polar surface area (TPSA) is 234 Å². The Morgan fingerprint density at radius 3 is 1.35 bits per heavy atom. The lowest BCUT2D eigenvalue weighted by molar-refractivity contribution is -0.115. The molecule has 0 atom stereocenters. The Hall–Kier alpha value is -4.52. The minimum absolute atomic E-state index is 0.0434.